The lowest BCUT2D eigenvalue weighted by atomic mass is 10.0. The fourth-order valence-electron chi connectivity index (χ4n) is 1.45. The molecule has 14 heavy (non-hydrogen) atoms. The minimum Gasteiger partial charge on any atom is -0.0971 e. The summed E-state index contributed by atoms with van der Waals surface area (Å²) in [5.74, 6) is 0. The van der Waals surface area contributed by atoms with Gasteiger partial charge in [0.25, 0.3) is 0 Å². The smallest absolute Gasteiger partial charge is 0.0198 e. The van der Waals surface area contributed by atoms with Crippen LogP contribution in [0, 0.1) is 6.92 Å². The van der Waals surface area contributed by atoms with E-state index in [4.69, 9.17) is 0 Å². The van der Waals surface area contributed by atoms with Gasteiger partial charge in [0, 0.05) is 0 Å². The van der Waals surface area contributed by atoms with Gasteiger partial charge in [-0.25, -0.2) is 0 Å². The van der Waals surface area contributed by atoms with Crippen LogP contribution in [-0.2, 0) is 0 Å². The molecule has 0 nitrogen and oxygen atoms in total. The van der Waals surface area contributed by atoms with E-state index in [0.717, 1.165) is 5.57 Å². The average molecular weight is 206 g/mol. The molecule has 76 valence electrons. The molecule has 1 aromatic carbocycles. The molecule has 0 radical (unpaired) electrons. The van der Waals surface area contributed by atoms with E-state index in [2.05, 4.69) is 58.3 Å². The van der Waals surface area contributed by atoms with Gasteiger partial charge in [-0.2, -0.15) is 0 Å². The molecule has 1 heteroatoms. The van der Waals surface area contributed by atoms with Crippen molar-refractivity contribution in [3.05, 3.63) is 35.9 Å². The van der Waals surface area contributed by atoms with Crippen LogP contribution in [0.25, 0.3) is 5.57 Å². The van der Waals surface area contributed by atoms with Crippen molar-refractivity contribution in [1.82, 2.24) is 0 Å². The van der Waals surface area contributed by atoms with E-state index < -0.39 is 6.89 Å². The zero-order chi connectivity index (χ0) is 10.9. The molecule has 0 fully saturated rings. The summed E-state index contributed by atoms with van der Waals surface area (Å²) in [4.78, 5) is 0. The molecule has 0 amide bonds. The molecular weight excluding hydrogens is 187 g/mol. The Labute approximate surface area is 87.6 Å². The SMILES string of the molecule is C=C(C)c1cc(P(=C)(C)C)ccc1C. The predicted octanol–water partition coefficient (Wildman–Crippen LogP) is 3.36. The van der Waals surface area contributed by atoms with Gasteiger partial charge in [-0.1, -0.05) is 37.5 Å². The van der Waals surface area contributed by atoms with Crippen LogP contribution in [0.15, 0.2) is 24.8 Å². The quantitative estimate of drug-likeness (QED) is 0.651. The van der Waals surface area contributed by atoms with Gasteiger partial charge in [0.2, 0.25) is 0 Å². The molecule has 0 atom stereocenters. The number of allylic oxidation sites excluding steroid dienone is 1. The van der Waals surface area contributed by atoms with E-state index in [0.29, 0.717) is 0 Å². The van der Waals surface area contributed by atoms with Gasteiger partial charge in [0.05, 0.1) is 0 Å². The van der Waals surface area contributed by atoms with Crippen LogP contribution in [-0.4, -0.2) is 19.6 Å². The molecule has 0 heterocycles. The fraction of sp³-hybridized carbons (Fsp3) is 0.308. The molecule has 0 aliphatic carbocycles. The first-order valence-corrected chi connectivity index (χ1v) is 7.64. The summed E-state index contributed by atoms with van der Waals surface area (Å²) in [6.07, 6.45) is 4.25. The van der Waals surface area contributed by atoms with Gasteiger partial charge >= 0.3 is 0 Å². The molecule has 0 aromatic heterocycles. The minimum atomic E-state index is -1.15. The predicted molar refractivity (Wildman–Crippen MR) is 71.4 cm³/mol. The largest absolute Gasteiger partial charge is 0.0971 e. The molecule has 1 aromatic rings. The van der Waals surface area contributed by atoms with Crippen LogP contribution in [0.4, 0.5) is 0 Å². The lowest BCUT2D eigenvalue weighted by Crippen LogP contribution is -2.04. The summed E-state index contributed by atoms with van der Waals surface area (Å²) >= 11 is 0. The molecule has 0 aliphatic rings. The van der Waals surface area contributed by atoms with Gasteiger partial charge in [-0.15, -0.1) is 0 Å². The highest BCUT2D eigenvalue weighted by Gasteiger charge is 2.06. The van der Waals surface area contributed by atoms with Gasteiger partial charge in [-0.3, -0.25) is 0 Å². The zero-order valence-corrected chi connectivity index (χ0v) is 10.5. The second-order valence-electron chi connectivity index (χ2n) is 4.46. The monoisotopic (exact) mass is 206 g/mol. The molecule has 0 aliphatic heterocycles. The first-order valence-electron chi connectivity index (χ1n) is 4.78. The molecule has 0 unspecified atom stereocenters. The normalized spacial score (nSPS) is 11.4. The molecule has 1 rings (SSSR count). The van der Waals surface area contributed by atoms with E-state index in [9.17, 15) is 0 Å². The maximum atomic E-state index is 4.25. The Morgan fingerprint density at radius 2 is 1.86 bits per heavy atom. The molecule has 0 bridgehead atoms. The van der Waals surface area contributed by atoms with Crippen molar-refractivity contribution < 1.29 is 0 Å². The van der Waals surface area contributed by atoms with Gasteiger partial charge < -0.3 is 0 Å². The number of hydrogen-bond acceptors (Lipinski definition) is 0. The highest BCUT2D eigenvalue weighted by Crippen LogP contribution is 2.34. The van der Waals surface area contributed by atoms with Gasteiger partial charge in [0.15, 0.2) is 0 Å². The van der Waals surface area contributed by atoms with Crippen molar-refractivity contribution in [2.75, 3.05) is 13.3 Å². The summed E-state index contributed by atoms with van der Waals surface area (Å²) in [7, 11) is 0. The maximum Gasteiger partial charge on any atom is -0.0198 e. The third-order valence-electron chi connectivity index (χ3n) is 2.38. The fourth-order valence-corrected chi connectivity index (χ4v) is 2.40. The zero-order valence-electron chi connectivity index (χ0n) is 9.59. The summed E-state index contributed by atoms with van der Waals surface area (Å²) in [5, 5.41) is 1.38. The Morgan fingerprint density at radius 1 is 1.29 bits per heavy atom. The van der Waals surface area contributed by atoms with Crippen LogP contribution in [0.2, 0.25) is 0 Å². The Balaban J connectivity index is 3.34. The molecular formula is C13H19P. The number of benzene rings is 1. The van der Waals surface area contributed by atoms with Crippen LogP contribution >= 0.6 is 6.89 Å². The van der Waals surface area contributed by atoms with Crippen molar-refractivity contribution in [3.8, 4) is 0 Å². The van der Waals surface area contributed by atoms with E-state index in [1.165, 1.54) is 16.4 Å². The van der Waals surface area contributed by atoms with Crippen molar-refractivity contribution >= 4 is 24.1 Å². The van der Waals surface area contributed by atoms with Crippen LogP contribution < -0.4 is 5.30 Å². The van der Waals surface area contributed by atoms with Gasteiger partial charge in [0.1, 0.15) is 0 Å². The first-order chi connectivity index (χ1) is 6.32. The van der Waals surface area contributed by atoms with E-state index in [1.54, 1.807) is 0 Å². The van der Waals surface area contributed by atoms with Crippen LogP contribution in [0.5, 0.6) is 0 Å². The molecule has 0 saturated carbocycles. The lowest BCUT2D eigenvalue weighted by molar-refractivity contribution is 1.43. The summed E-state index contributed by atoms with van der Waals surface area (Å²) in [6.45, 7) is 11.5. The van der Waals surface area contributed by atoms with Crippen LogP contribution in [0.3, 0.4) is 0 Å². The van der Waals surface area contributed by atoms with E-state index >= 15 is 0 Å². The lowest BCUT2D eigenvalue weighted by Gasteiger charge is -2.16. The maximum absolute atomic E-state index is 4.25. The highest BCUT2D eigenvalue weighted by molar-refractivity contribution is 7.79. The Kier molecular flexibility index (Phi) is 3.07. The number of aryl methyl sites for hydroxylation is 1. The highest BCUT2D eigenvalue weighted by atomic mass is 31.2. The summed E-state index contributed by atoms with van der Waals surface area (Å²) in [5.41, 5.74) is 3.71. The Morgan fingerprint density at radius 3 is 2.29 bits per heavy atom. The Bertz CT molecular complexity index is 407. The molecule has 0 saturated heterocycles. The van der Waals surface area contributed by atoms with E-state index in [1.807, 2.05) is 0 Å². The molecule has 0 N–H and O–H groups in total. The first kappa shape index (κ1) is 11.3. The third kappa shape index (κ3) is 2.39. The van der Waals surface area contributed by atoms with Gasteiger partial charge in [-0.05, 0) is 49.7 Å². The van der Waals surface area contributed by atoms with Crippen molar-refractivity contribution in [3.63, 3.8) is 0 Å². The Hall–Kier alpha value is -0.740. The summed E-state index contributed by atoms with van der Waals surface area (Å²) < 4.78 is 0. The third-order valence-corrected chi connectivity index (χ3v) is 4.06. The van der Waals surface area contributed by atoms with E-state index in [-0.39, 0.29) is 0 Å². The standard InChI is InChI=1S/C13H19P/c1-10(2)13-9-12(14(4,5)6)8-7-11(13)3/h7-9H,1,4H2,2-3,5-6H3. The number of hydrogen-bond donors (Lipinski definition) is 0. The average Bonchev–Trinajstić information content (AvgIpc) is 2.02. The van der Waals surface area contributed by atoms with Crippen molar-refractivity contribution in [1.29, 1.82) is 0 Å². The van der Waals surface area contributed by atoms with Crippen LogP contribution in [0.1, 0.15) is 18.1 Å². The molecule has 0 spiro atoms. The second kappa shape index (κ2) is 3.79. The summed E-state index contributed by atoms with van der Waals surface area (Å²) in [6, 6.07) is 6.62. The minimum absolute atomic E-state index is 1.14. The number of rotatable bonds is 2. The topological polar surface area (TPSA) is 0 Å². The van der Waals surface area contributed by atoms with Crippen molar-refractivity contribution in [2.45, 2.75) is 13.8 Å². The van der Waals surface area contributed by atoms with Crippen molar-refractivity contribution in [2.24, 2.45) is 0 Å². The second-order valence-corrected chi connectivity index (χ2v) is 8.35.